The molecule has 1 N–H and O–H groups in total. The van der Waals surface area contributed by atoms with E-state index >= 15 is 0 Å². The van der Waals surface area contributed by atoms with Gasteiger partial charge >= 0.3 is 0 Å². The number of nitrogens with one attached hydrogen (secondary N) is 1. The number of halogens is 2. The molecule has 0 aliphatic rings. The Bertz CT molecular complexity index is 720. The minimum Gasteiger partial charge on any atom is -0.346 e. The first-order valence-electron chi connectivity index (χ1n) is 6.41. The molecule has 0 bridgehead atoms. The molecule has 2 heterocycles. The molecule has 2 aromatic heterocycles. The van der Waals surface area contributed by atoms with Crippen LogP contribution in [0.5, 0.6) is 0 Å². The van der Waals surface area contributed by atoms with E-state index in [9.17, 15) is 0 Å². The fraction of sp³-hybridized carbons (Fsp3) is 0.200. The predicted molar refractivity (Wildman–Crippen MR) is 90.7 cm³/mol. The second-order valence-electron chi connectivity index (χ2n) is 4.59. The Morgan fingerprint density at radius 3 is 3.00 bits per heavy atom. The van der Waals surface area contributed by atoms with Crippen molar-refractivity contribution in [1.82, 2.24) is 9.88 Å². The van der Waals surface area contributed by atoms with Gasteiger partial charge in [0.15, 0.2) is 0 Å². The third-order valence-electron chi connectivity index (χ3n) is 3.21. The van der Waals surface area contributed by atoms with Crippen molar-refractivity contribution in [2.24, 2.45) is 0 Å². The first kappa shape index (κ1) is 14.1. The van der Waals surface area contributed by atoms with E-state index in [0.717, 1.165) is 34.5 Å². The molecule has 1 aromatic carbocycles. The fourth-order valence-corrected chi connectivity index (χ4v) is 3.89. The van der Waals surface area contributed by atoms with Crippen LogP contribution in [0.2, 0.25) is 5.02 Å². The van der Waals surface area contributed by atoms with Crippen molar-refractivity contribution in [3.63, 3.8) is 0 Å². The minimum atomic E-state index is 0.817. The number of fused-ring (bicyclic) bond motifs is 1. The van der Waals surface area contributed by atoms with Crippen molar-refractivity contribution in [3.8, 4) is 0 Å². The molecule has 2 nitrogen and oxygen atoms in total. The zero-order valence-corrected chi connectivity index (χ0v) is 13.9. The lowest BCUT2D eigenvalue weighted by molar-refractivity contribution is 0.613. The summed E-state index contributed by atoms with van der Waals surface area (Å²) in [5, 5.41) is 7.52. The molecule has 5 heteroatoms. The van der Waals surface area contributed by atoms with E-state index in [1.165, 1.54) is 10.4 Å². The number of benzene rings is 1. The van der Waals surface area contributed by atoms with Crippen LogP contribution < -0.4 is 5.32 Å². The molecule has 0 saturated carbocycles. The van der Waals surface area contributed by atoms with Gasteiger partial charge in [-0.25, -0.2) is 0 Å². The number of hydrogen-bond acceptors (Lipinski definition) is 2. The van der Waals surface area contributed by atoms with Gasteiger partial charge in [-0.1, -0.05) is 17.7 Å². The van der Waals surface area contributed by atoms with Crippen LogP contribution in [0.15, 0.2) is 46.4 Å². The number of rotatable bonds is 5. The second-order valence-corrected chi connectivity index (χ2v) is 6.91. The highest BCUT2D eigenvalue weighted by Gasteiger charge is 2.03. The highest BCUT2D eigenvalue weighted by atomic mass is 79.9. The summed E-state index contributed by atoms with van der Waals surface area (Å²) in [6.07, 6.45) is 2.10. The van der Waals surface area contributed by atoms with E-state index in [4.69, 9.17) is 11.6 Å². The third-order valence-corrected chi connectivity index (χ3v) is 5.24. The van der Waals surface area contributed by atoms with Gasteiger partial charge in [-0.05, 0) is 40.2 Å². The second kappa shape index (κ2) is 6.31. The molecule has 3 aromatic rings. The lowest BCUT2D eigenvalue weighted by Gasteiger charge is -2.07. The quantitative estimate of drug-likeness (QED) is 0.632. The summed E-state index contributed by atoms with van der Waals surface area (Å²) in [6, 6.07) is 10.3. The van der Waals surface area contributed by atoms with Gasteiger partial charge in [0.25, 0.3) is 0 Å². The maximum Gasteiger partial charge on any atom is 0.0499 e. The molecule has 0 saturated heterocycles. The summed E-state index contributed by atoms with van der Waals surface area (Å²) in [7, 11) is 0. The molecule has 0 amide bonds. The number of aromatic nitrogens is 1. The van der Waals surface area contributed by atoms with Gasteiger partial charge in [-0.15, -0.1) is 11.3 Å². The smallest absolute Gasteiger partial charge is 0.0499 e. The number of thiophene rings is 1. The summed E-state index contributed by atoms with van der Waals surface area (Å²) < 4.78 is 3.39. The third kappa shape index (κ3) is 3.09. The highest BCUT2D eigenvalue weighted by Crippen LogP contribution is 2.24. The van der Waals surface area contributed by atoms with E-state index in [-0.39, 0.29) is 0 Å². The largest absolute Gasteiger partial charge is 0.346 e. The molecule has 0 aliphatic heterocycles. The number of nitrogens with zero attached hydrogens (tertiary/aromatic N) is 1. The zero-order valence-electron chi connectivity index (χ0n) is 10.8. The summed E-state index contributed by atoms with van der Waals surface area (Å²) in [6.45, 7) is 2.79. The van der Waals surface area contributed by atoms with Gasteiger partial charge in [0.1, 0.15) is 0 Å². The van der Waals surface area contributed by atoms with E-state index in [1.807, 2.05) is 12.1 Å². The molecule has 3 rings (SSSR count). The first-order chi connectivity index (χ1) is 9.74. The van der Waals surface area contributed by atoms with Crippen molar-refractivity contribution in [2.75, 3.05) is 6.54 Å². The summed E-state index contributed by atoms with van der Waals surface area (Å²) in [5.74, 6) is 0. The average Bonchev–Trinajstić information content (AvgIpc) is 3.02. The molecule has 0 fully saturated rings. The van der Waals surface area contributed by atoms with Crippen molar-refractivity contribution in [2.45, 2.75) is 13.1 Å². The summed E-state index contributed by atoms with van der Waals surface area (Å²) >= 11 is 11.4. The molecule has 0 unspecified atom stereocenters. The van der Waals surface area contributed by atoms with Gasteiger partial charge in [0.2, 0.25) is 0 Å². The molecule has 20 heavy (non-hydrogen) atoms. The van der Waals surface area contributed by atoms with Crippen LogP contribution in [0, 0.1) is 0 Å². The Hall–Kier alpha value is -0.810. The zero-order chi connectivity index (χ0) is 13.9. The lowest BCUT2D eigenvalue weighted by Crippen LogP contribution is -2.18. The van der Waals surface area contributed by atoms with Crippen LogP contribution in [0.1, 0.15) is 4.88 Å². The van der Waals surface area contributed by atoms with Gasteiger partial charge in [-0.2, -0.15) is 0 Å². The normalized spacial score (nSPS) is 11.3. The Balaban J connectivity index is 1.59. The molecule has 0 atom stereocenters. The monoisotopic (exact) mass is 368 g/mol. The van der Waals surface area contributed by atoms with E-state index < -0.39 is 0 Å². The van der Waals surface area contributed by atoms with Crippen LogP contribution >= 0.6 is 38.9 Å². The standard InChI is InChI=1S/C15H14BrClN2S/c16-11-8-12(20-10-11)9-18-5-7-19-6-4-13-14(17)2-1-3-15(13)19/h1-4,6,8,10,18H,5,7,9H2. The minimum absolute atomic E-state index is 0.817. The van der Waals surface area contributed by atoms with E-state index in [2.05, 4.69) is 55.6 Å². The fourth-order valence-electron chi connectivity index (χ4n) is 2.24. The molecule has 104 valence electrons. The Labute approximate surface area is 135 Å². The SMILES string of the molecule is Clc1cccc2c1ccn2CCNCc1cc(Br)cs1. The Morgan fingerprint density at radius 1 is 1.30 bits per heavy atom. The average molecular weight is 370 g/mol. The predicted octanol–water partition coefficient (Wildman–Crippen LogP) is 4.91. The highest BCUT2D eigenvalue weighted by molar-refractivity contribution is 9.10. The van der Waals surface area contributed by atoms with Gasteiger partial charge in [-0.3, -0.25) is 0 Å². The summed E-state index contributed by atoms with van der Waals surface area (Å²) in [5.41, 5.74) is 1.19. The van der Waals surface area contributed by atoms with Crippen molar-refractivity contribution in [1.29, 1.82) is 0 Å². The van der Waals surface area contributed by atoms with Crippen molar-refractivity contribution < 1.29 is 0 Å². The van der Waals surface area contributed by atoms with Crippen LogP contribution in [0.4, 0.5) is 0 Å². The lowest BCUT2D eigenvalue weighted by atomic mass is 10.2. The van der Waals surface area contributed by atoms with Gasteiger partial charge < -0.3 is 9.88 Å². The van der Waals surface area contributed by atoms with Crippen molar-refractivity contribution in [3.05, 3.63) is 56.3 Å². The maximum atomic E-state index is 6.18. The van der Waals surface area contributed by atoms with Crippen LogP contribution in [-0.2, 0) is 13.1 Å². The van der Waals surface area contributed by atoms with Crippen LogP contribution in [0.3, 0.4) is 0 Å². The Kier molecular flexibility index (Phi) is 4.46. The number of hydrogen-bond donors (Lipinski definition) is 1. The van der Waals surface area contributed by atoms with Crippen LogP contribution in [0.25, 0.3) is 10.9 Å². The molecule has 0 spiro atoms. The molecule has 0 radical (unpaired) electrons. The van der Waals surface area contributed by atoms with Crippen molar-refractivity contribution >= 4 is 49.8 Å². The Morgan fingerprint density at radius 2 is 2.20 bits per heavy atom. The summed E-state index contributed by atoms with van der Waals surface area (Å²) in [4.78, 5) is 1.34. The molecule has 0 aliphatic carbocycles. The molecular formula is C15H14BrClN2S. The van der Waals surface area contributed by atoms with E-state index in [1.54, 1.807) is 11.3 Å². The van der Waals surface area contributed by atoms with E-state index in [0.29, 0.717) is 0 Å². The van der Waals surface area contributed by atoms with Gasteiger partial charge in [0, 0.05) is 56.5 Å². The van der Waals surface area contributed by atoms with Crippen LogP contribution in [-0.4, -0.2) is 11.1 Å². The maximum absolute atomic E-state index is 6.18. The van der Waals surface area contributed by atoms with Gasteiger partial charge in [0.05, 0.1) is 0 Å². The molecular weight excluding hydrogens is 356 g/mol. The first-order valence-corrected chi connectivity index (χ1v) is 8.46. The topological polar surface area (TPSA) is 17.0 Å².